The van der Waals surface area contributed by atoms with Crippen molar-refractivity contribution in [1.29, 1.82) is 0 Å². The number of para-hydroxylation sites is 2. The predicted octanol–water partition coefficient (Wildman–Crippen LogP) is 2.43. The van der Waals surface area contributed by atoms with E-state index < -0.39 is 0 Å². The number of esters is 1. The molecule has 7 heteroatoms. The fourth-order valence-electron chi connectivity index (χ4n) is 3.44. The zero-order valence-corrected chi connectivity index (χ0v) is 17.1. The number of nitrogens with one attached hydrogen (secondary N) is 2. The van der Waals surface area contributed by atoms with Gasteiger partial charge in [-0.15, -0.1) is 0 Å². The summed E-state index contributed by atoms with van der Waals surface area (Å²) in [5.74, 6) is 1.32. The van der Waals surface area contributed by atoms with E-state index in [0.29, 0.717) is 18.2 Å². The van der Waals surface area contributed by atoms with Gasteiger partial charge in [-0.2, -0.15) is 0 Å². The average Bonchev–Trinajstić information content (AvgIpc) is 3.24. The minimum atomic E-state index is -0.331. The molecule has 29 heavy (non-hydrogen) atoms. The van der Waals surface area contributed by atoms with Crippen LogP contribution in [0.2, 0.25) is 0 Å². The van der Waals surface area contributed by atoms with Crippen LogP contribution in [0.3, 0.4) is 0 Å². The Kier molecular flexibility index (Phi) is 6.94. The normalized spacial score (nSPS) is 16.4. The van der Waals surface area contributed by atoms with Crippen LogP contribution in [0.4, 0.5) is 5.69 Å². The molecule has 2 N–H and O–H groups in total. The molecule has 0 spiro atoms. The lowest BCUT2D eigenvalue weighted by Gasteiger charge is -2.22. The number of hydrogen-bond donors (Lipinski definition) is 2. The van der Waals surface area contributed by atoms with Crippen molar-refractivity contribution in [2.24, 2.45) is 4.99 Å². The maximum atomic E-state index is 11.5. The highest BCUT2D eigenvalue weighted by atomic mass is 16.5. The summed E-state index contributed by atoms with van der Waals surface area (Å²) < 4.78 is 10.2. The molecule has 0 aliphatic carbocycles. The molecule has 7 nitrogen and oxygen atoms in total. The molecule has 2 aromatic rings. The molecule has 1 unspecified atom stereocenters. The number of ether oxygens (including phenoxy) is 2. The number of carbonyl (C=O) groups excluding carboxylic acids is 1. The summed E-state index contributed by atoms with van der Waals surface area (Å²) in [6.45, 7) is 2.46. The number of methoxy groups -OCH3 is 2. The Bertz CT molecular complexity index is 851. The van der Waals surface area contributed by atoms with Crippen LogP contribution in [0, 0.1) is 0 Å². The summed E-state index contributed by atoms with van der Waals surface area (Å²) in [6, 6.07) is 15.7. The monoisotopic (exact) mass is 396 g/mol. The summed E-state index contributed by atoms with van der Waals surface area (Å²) in [6.07, 6.45) is 1.02. The Morgan fingerprint density at radius 3 is 2.62 bits per heavy atom. The van der Waals surface area contributed by atoms with Crippen LogP contribution in [-0.2, 0) is 11.3 Å². The molecule has 1 heterocycles. The van der Waals surface area contributed by atoms with Gasteiger partial charge >= 0.3 is 5.97 Å². The third-order valence-corrected chi connectivity index (χ3v) is 5.01. The van der Waals surface area contributed by atoms with Crippen LogP contribution < -0.4 is 20.3 Å². The second-order valence-electron chi connectivity index (χ2n) is 6.86. The SMILES string of the molecule is CN=C(NCc1ccc(C(=O)OC)cc1)NC1CCN(c2ccccc2OC)C1. The molecular formula is C22H28N4O3. The van der Waals surface area contributed by atoms with Crippen molar-refractivity contribution in [3.63, 3.8) is 0 Å². The van der Waals surface area contributed by atoms with Gasteiger partial charge in [0, 0.05) is 32.7 Å². The first kappa shape index (κ1) is 20.5. The van der Waals surface area contributed by atoms with E-state index in [9.17, 15) is 4.79 Å². The van der Waals surface area contributed by atoms with Crippen molar-refractivity contribution in [2.75, 3.05) is 39.3 Å². The second kappa shape index (κ2) is 9.82. The highest BCUT2D eigenvalue weighted by Crippen LogP contribution is 2.30. The molecule has 0 aromatic heterocycles. The molecule has 0 radical (unpaired) electrons. The van der Waals surface area contributed by atoms with Gasteiger partial charge in [0.25, 0.3) is 0 Å². The van der Waals surface area contributed by atoms with E-state index in [1.165, 1.54) is 7.11 Å². The maximum absolute atomic E-state index is 11.5. The number of hydrogen-bond acceptors (Lipinski definition) is 5. The number of carbonyl (C=O) groups is 1. The van der Waals surface area contributed by atoms with E-state index in [1.807, 2.05) is 30.3 Å². The van der Waals surface area contributed by atoms with Gasteiger partial charge in [-0.3, -0.25) is 4.99 Å². The number of rotatable bonds is 6. The Hall–Kier alpha value is -3.22. The summed E-state index contributed by atoms with van der Waals surface area (Å²) in [5, 5.41) is 6.83. The van der Waals surface area contributed by atoms with Gasteiger partial charge in [0.2, 0.25) is 0 Å². The molecule has 0 amide bonds. The number of anilines is 1. The van der Waals surface area contributed by atoms with E-state index in [1.54, 1.807) is 26.3 Å². The average molecular weight is 396 g/mol. The summed E-state index contributed by atoms with van der Waals surface area (Å²) in [5.41, 5.74) is 2.72. The standard InChI is InChI=1S/C22H28N4O3/c1-23-22(24-14-16-8-10-17(11-9-16)21(27)29-3)25-18-12-13-26(15-18)19-6-4-5-7-20(19)28-2/h4-11,18H,12-15H2,1-3H3,(H2,23,24,25). The van der Waals surface area contributed by atoms with Gasteiger partial charge in [-0.05, 0) is 36.2 Å². The molecule has 2 aromatic carbocycles. The first-order valence-electron chi connectivity index (χ1n) is 9.67. The molecule has 1 saturated heterocycles. The maximum Gasteiger partial charge on any atom is 0.337 e. The fraction of sp³-hybridized carbons (Fsp3) is 0.364. The van der Waals surface area contributed by atoms with Crippen LogP contribution in [0.25, 0.3) is 0 Å². The number of aliphatic imine (C=N–C) groups is 1. The van der Waals surface area contributed by atoms with Crippen molar-refractivity contribution in [2.45, 2.75) is 19.0 Å². The minimum Gasteiger partial charge on any atom is -0.495 e. The van der Waals surface area contributed by atoms with E-state index in [2.05, 4.69) is 26.6 Å². The van der Waals surface area contributed by atoms with Gasteiger partial charge in [0.1, 0.15) is 5.75 Å². The largest absolute Gasteiger partial charge is 0.495 e. The smallest absolute Gasteiger partial charge is 0.337 e. The van der Waals surface area contributed by atoms with E-state index in [4.69, 9.17) is 9.47 Å². The third kappa shape index (κ3) is 5.19. The Morgan fingerprint density at radius 2 is 1.93 bits per heavy atom. The zero-order chi connectivity index (χ0) is 20.6. The number of guanidine groups is 1. The quantitative estimate of drug-likeness (QED) is 0.444. The topological polar surface area (TPSA) is 75.2 Å². The fourth-order valence-corrected chi connectivity index (χ4v) is 3.44. The van der Waals surface area contributed by atoms with Gasteiger partial charge in [0.15, 0.2) is 5.96 Å². The van der Waals surface area contributed by atoms with Crippen LogP contribution in [-0.4, -0.2) is 52.3 Å². The van der Waals surface area contributed by atoms with Gasteiger partial charge in [-0.25, -0.2) is 4.79 Å². The van der Waals surface area contributed by atoms with Crippen molar-refractivity contribution in [3.05, 3.63) is 59.7 Å². The molecule has 1 aliphatic rings. The van der Waals surface area contributed by atoms with Gasteiger partial charge < -0.3 is 25.0 Å². The lowest BCUT2D eigenvalue weighted by molar-refractivity contribution is 0.0600. The Balaban J connectivity index is 1.52. The highest BCUT2D eigenvalue weighted by Gasteiger charge is 2.25. The van der Waals surface area contributed by atoms with E-state index >= 15 is 0 Å². The first-order chi connectivity index (χ1) is 14.1. The Morgan fingerprint density at radius 1 is 1.17 bits per heavy atom. The first-order valence-corrected chi connectivity index (χ1v) is 9.67. The van der Waals surface area contributed by atoms with Crippen LogP contribution in [0.5, 0.6) is 5.75 Å². The number of nitrogens with zero attached hydrogens (tertiary/aromatic N) is 2. The molecule has 0 bridgehead atoms. The molecule has 1 aliphatic heterocycles. The van der Waals surface area contributed by atoms with Crippen LogP contribution in [0.15, 0.2) is 53.5 Å². The van der Waals surface area contributed by atoms with Crippen LogP contribution >= 0.6 is 0 Å². The lowest BCUT2D eigenvalue weighted by atomic mass is 10.1. The minimum absolute atomic E-state index is 0.299. The van der Waals surface area contributed by atoms with Gasteiger partial charge in [-0.1, -0.05) is 24.3 Å². The van der Waals surface area contributed by atoms with E-state index in [0.717, 1.165) is 42.5 Å². The summed E-state index contributed by atoms with van der Waals surface area (Å²) in [7, 11) is 4.85. The van der Waals surface area contributed by atoms with Crippen molar-refractivity contribution in [3.8, 4) is 5.75 Å². The zero-order valence-electron chi connectivity index (χ0n) is 17.1. The Labute approximate surface area is 171 Å². The molecular weight excluding hydrogens is 368 g/mol. The highest BCUT2D eigenvalue weighted by molar-refractivity contribution is 5.89. The van der Waals surface area contributed by atoms with Crippen LogP contribution in [0.1, 0.15) is 22.3 Å². The van der Waals surface area contributed by atoms with Gasteiger partial charge in [0.05, 0.1) is 25.5 Å². The number of benzene rings is 2. The summed E-state index contributed by atoms with van der Waals surface area (Å²) in [4.78, 5) is 18.2. The molecule has 1 atom stereocenters. The molecule has 154 valence electrons. The van der Waals surface area contributed by atoms with Crippen molar-refractivity contribution >= 4 is 17.6 Å². The predicted molar refractivity (Wildman–Crippen MR) is 115 cm³/mol. The summed E-state index contributed by atoms with van der Waals surface area (Å²) >= 11 is 0. The molecule has 3 rings (SSSR count). The van der Waals surface area contributed by atoms with Crippen molar-refractivity contribution < 1.29 is 14.3 Å². The third-order valence-electron chi connectivity index (χ3n) is 5.01. The van der Waals surface area contributed by atoms with Crippen molar-refractivity contribution in [1.82, 2.24) is 10.6 Å². The molecule has 1 fully saturated rings. The van der Waals surface area contributed by atoms with E-state index in [-0.39, 0.29) is 5.97 Å². The second-order valence-corrected chi connectivity index (χ2v) is 6.86. The molecule has 0 saturated carbocycles. The lowest BCUT2D eigenvalue weighted by Crippen LogP contribution is -2.44.